The largest absolute Gasteiger partial charge is 0.378 e. The highest BCUT2D eigenvalue weighted by molar-refractivity contribution is 5.89. The zero-order valence-corrected chi connectivity index (χ0v) is 9.70. The van der Waals surface area contributed by atoms with Crippen molar-refractivity contribution in [3.8, 4) is 0 Å². The van der Waals surface area contributed by atoms with Crippen LogP contribution in [0.1, 0.15) is 5.56 Å². The van der Waals surface area contributed by atoms with Gasteiger partial charge in [0.05, 0.1) is 13.2 Å². The monoisotopic (exact) mass is 238 g/mol. The minimum atomic E-state index is -0.345. The smallest absolute Gasteiger partial charge is 0.322 e. The topological polar surface area (TPSA) is 41.6 Å². The van der Waals surface area contributed by atoms with Gasteiger partial charge in [-0.25, -0.2) is 9.18 Å². The lowest BCUT2D eigenvalue weighted by molar-refractivity contribution is 0.0564. The van der Waals surface area contributed by atoms with Crippen LogP contribution >= 0.6 is 0 Å². The number of ether oxygens (including phenoxy) is 1. The predicted octanol–water partition coefficient (Wildman–Crippen LogP) is 2.00. The van der Waals surface area contributed by atoms with E-state index in [0.717, 1.165) is 5.56 Å². The molecule has 1 aliphatic rings. The Bertz CT molecular complexity index is 397. The number of nitrogens with zero attached hydrogens (tertiary/aromatic N) is 1. The Morgan fingerprint density at radius 1 is 1.35 bits per heavy atom. The average Bonchev–Trinajstić information content (AvgIpc) is 2.28. The Balaban J connectivity index is 2.01. The molecule has 0 atom stereocenters. The molecule has 0 aromatic heterocycles. The van der Waals surface area contributed by atoms with E-state index in [1.54, 1.807) is 17.9 Å². The summed E-state index contributed by atoms with van der Waals surface area (Å²) in [5.74, 6) is -0.345. The van der Waals surface area contributed by atoms with Crippen molar-refractivity contribution in [2.45, 2.75) is 6.92 Å². The third-order valence-corrected chi connectivity index (χ3v) is 2.59. The highest BCUT2D eigenvalue weighted by atomic mass is 19.1. The Morgan fingerprint density at radius 2 is 2.06 bits per heavy atom. The summed E-state index contributed by atoms with van der Waals surface area (Å²) in [6.45, 7) is 4.03. The van der Waals surface area contributed by atoms with Gasteiger partial charge in [0.25, 0.3) is 0 Å². The molecular formula is C12H15FN2O2. The third kappa shape index (κ3) is 3.17. The molecule has 0 radical (unpaired) electrons. The van der Waals surface area contributed by atoms with Gasteiger partial charge in [-0.15, -0.1) is 0 Å². The summed E-state index contributed by atoms with van der Waals surface area (Å²) >= 11 is 0. The lowest BCUT2D eigenvalue weighted by Crippen LogP contribution is -2.43. The van der Waals surface area contributed by atoms with E-state index < -0.39 is 0 Å². The molecule has 0 bridgehead atoms. The van der Waals surface area contributed by atoms with Crippen molar-refractivity contribution in [3.63, 3.8) is 0 Å². The molecule has 2 rings (SSSR count). The second-order valence-corrected chi connectivity index (χ2v) is 4.05. The zero-order valence-electron chi connectivity index (χ0n) is 9.70. The van der Waals surface area contributed by atoms with Crippen molar-refractivity contribution in [2.75, 3.05) is 31.6 Å². The van der Waals surface area contributed by atoms with Crippen LogP contribution in [0.25, 0.3) is 0 Å². The van der Waals surface area contributed by atoms with Gasteiger partial charge in [0.2, 0.25) is 0 Å². The van der Waals surface area contributed by atoms with Crippen LogP contribution in [-0.2, 0) is 4.74 Å². The number of benzene rings is 1. The number of rotatable bonds is 1. The number of hydrogen-bond donors (Lipinski definition) is 1. The van der Waals surface area contributed by atoms with E-state index in [4.69, 9.17) is 4.74 Å². The minimum absolute atomic E-state index is 0.210. The van der Waals surface area contributed by atoms with Crippen molar-refractivity contribution in [1.29, 1.82) is 0 Å². The molecule has 1 heterocycles. The number of aryl methyl sites for hydroxylation is 1. The van der Waals surface area contributed by atoms with Crippen molar-refractivity contribution >= 4 is 11.7 Å². The molecule has 0 spiro atoms. The number of hydrogen-bond acceptors (Lipinski definition) is 2. The first-order valence-electron chi connectivity index (χ1n) is 5.56. The molecule has 92 valence electrons. The van der Waals surface area contributed by atoms with E-state index in [0.29, 0.717) is 32.0 Å². The maximum absolute atomic E-state index is 13.1. The minimum Gasteiger partial charge on any atom is -0.378 e. The van der Waals surface area contributed by atoms with E-state index in [1.165, 1.54) is 12.1 Å². The van der Waals surface area contributed by atoms with Gasteiger partial charge < -0.3 is 15.0 Å². The van der Waals surface area contributed by atoms with E-state index in [1.807, 2.05) is 0 Å². The molecule has 1 aliphatic heterocycles. The van der Waals surface area contributed by atoms with E-state index >= 15 is 0 Å². The van der Waals surface area contributed by atoms with Crippen molar-refractivity contribution < 1.29 is 13.9 Å². The van der Waals surface area contributed by atoms with Gasteiger partial charge in [-0.3, -0.25) is 0 Å². The molecule has 1 aromatic carbocycles. The fraction of sp³-hybridized carbons (Fsp3) is 0.417. The number of amides is 2. The molecule has 0 saturated carbocycles. The molecule has 1 N–H and O–H groups in total. The Labute approximate surface area is 99.4 Å². The van der Waals surface area contributed by atoms with Gasteiger partial charge in [0.15, 0.2) is 0 Å². The summed E-state index contributed by atoms with van der Waals surface area (Å²) < 4.78 is 18.3. The van der Waals surface area contributed by atoms with Crippen LogP contribution in [0, 0.1) is 12.7 Å². The van der Waals surface area contributed by atoms with Gasteiger partial charge in [-0.2, -0.15) is 0 Å². The number of morpholine rings is 1. The van der Waals surface area contributed by atoms with Crippen LogP contribution in [0.5, 0.6) is 0 Å². The Hall–Kier alpha value is -1.62. The van der Waals surface area contributed by atoms with E-state index in [-0.39, 0.29) is 11.8 Å². The summed E-state index contributed by atoms with van der Waals surface area (Å²) in [6.07, 6.45) is 0. The number of halogens is 1. The Morgan fingerprint density at radius 3 is 2.71 bits per heavy atom. The predicted molar refractivity (Wildman–Crippen MR) is 62.5 cm³/mol. The first-order valence-corrected chi connectivity index (χ1v) is 5.56. The molecule has 0 unspecified atom stereocenters. The highest BCUT2D eigenvalue weighted by Gasteiger charge is 2.16. The van der Waals surface area contributed by atoms with Gasteiger partial charge >= 0.3 is 6.03 Å². The molecule has 4 nitrogen and oxygen atoms in total. The second kappa shape index (κ2) is 5.14. The standard InChI is InChI=1S/C12H15FN2O2/c1-9-6-10(13)8-11(7-9)14-12(16)15-2-4-17-5-3-15/h6-8H,2-5H2,1H3,(H,14,16). The highest BCUT2D eigenvalue weighted by Crippen LogP contribution is 2.14. The average molecular weight is 238 g/mol. The van der Waals surface area contributed by atoms with Gasteiger partial charge in [0.1, 0.15) is 5.82 Å². The van der Waals surface area contributed by atoms with Gasteiger partial charge in [-0.05, 0) is 30.7 Å². The van der Waals surface area contributed by atoms with Crippen molar-refractivity contribution in [1.82, 2.24) is 4.90 Å². The van der Waals surface area contributed by atoms with Crippen LogP contribution in [0.4, 0.5) is 14.9 Å². The molecule has 1 fully saturated rings. The molecule has 2 amide bonds. The molecular weight excluding hydrogens is 223 g/mol. The number of nitrogens with one attached hydrogen (secondary N) is 1. The van der Waals surface area contributed by atoms with Crippen molar-refractivity contribution in [3.05, 3.63) is 29.6 Å². The SMILES string of the molecule is Cc1cc(F)cc(NC(=O)N2CCOCC2)c1. The lowest BCUT2D eigenvalue weighted by Gasteiger charge is -2.26. The number of carbonyl (C=O) groups is 1. The first-order chi connectivity index (χ1) is 8.15. The maximum atomic E-state index is 13.1. The van der Waals surface area contributed by atoms with E-state index in [9.17, 15) is 9.18 Å². The van der Waals surface area contributed by atoms with Gasteiger partial charge in [-0.1, -0.05) is 0 Å². The van der Waals surface area contributed by atoms with Crippen LogP contribution in [-0.4, -0.2) is 37.2 Å². The van der Waals surface area contributed by atoms with Crippen LogP contribution in [0.2, 0.25) is 0 Å². The fourth-order valence-corrected chi connectivity index (χ4v) is 1.78. The molecule has 1 saturated heterocycles. The van der Waals surface area contributed by atoms with Crippen LogP contribution < -0.4 is 5.32 Å². The van der Waals surface area contributed by atoms with E-state index in [2.05, 4.69) is 5.32 Å². The van der Waals surface area contributed by atoms with Crippen molar-refractivity contribution in [2.24, 2.45) is 0 Å². The summed E-state index contributed by atoms with van der Waals surface area (Å²) in [5.41, 5.74) is 1.27. The summed E-state index contributed by atoms with van der Waals surface area (Å²) in [6, 6.07) is 4.26. The zero-order chi connectivity index (χ0) is 12.3. The molecule has 17 heavy (non-hydrogen) atoms. The number of carbonyl (C=O) groups excluding carboxylic acids is 1. The quantitative estimate of drug-likeness (QED) is 0.813. The lowest BCUT2D eigenvalue weighted by atomic mass is 10.2. The maximum Gasteiger partial charge on any atom is 0.322 e. The second-order valence-electron chi connectivity index (χ2n) is 4.05. The molecule has 1 aromatic rings. The van der Waals surface area contributed by atoms with Gasteiger partial charge in [0, 0.05) is 18.8 Å². The summed E-state index contributed by atoms with van der Waals surface area (Å²) in [4.78, 5) is 13.5. The first kappa shape index (κ1) is 11.9. The number of urea groups is 1. The summed E-state index contributed by atoms with van der Waals surface area (Å²) in [7, 11) is 0. The van der Waals surface area contributed by atoms with Crippen LogP contribution in [0.15, 0.2) is 18.2 Å². The normalized spacial score (nSPS) is 15.8. The third-order valence-electron chi connectivity index (χ3n) is 2.59. The Kier molecular flexibility index (Phi) is 3.58. The van der Waals surface area contributed by atoms with Crippen LogP contribution in [0.3, 0.4) is 0 Å². The summed E-state index contributed by atoms with van der Waals surface area (Å²) in [5, 5.41) is 2.68. The molecule has 5 heteroatoms. The molecule has 0 aliphatic carbocycles. The fourth-order valence-electron chi connectivity index (χ4n) is 1.78. The number of anilines is 1.